The van der Waals surface area contributed by atoms with E-state index in [-0.39, 0.29) is 18.1 Å². The molecular formula is C30H35N5O2. The van der Waals surface area contributed by atoms with Crippen LogP contribution >= 0.6 is 0 Å². The molecule has 0 radical (unpaired) electrons. The van der Waals surface area contributed by atoms with Crippen LogP contribution in [-0.2, 0) is 25.6 Å². The van der Waals surface area contributed by atoms with Gasteiger partial charge in [0.1, 0.15) is 5.75 Å². The molecule has 1 fully saturated rings. The highest BCUT2D eigenvalue weighted by Gasteiger charge is 2.48. The third-order valence-corrected chi connectivity index (χ3v) is 8.43. The van der Waals surface area contributed by atoms with Crippen molar-refractivity contribution in [3.8, 4) is 5.75 Å². The van der Waals surface area contributed by atoms with Gasteiger partial charge in [-0.05, 0) is 67.9 Å². The quantitative estimate of drug-likeness (QED) is 0.433. The van der Waals surface area contributed by atoms with Crippen molar-refractivity contribution in [2.75, 3.05) is 33.4 Å². The Balaban J connectivity index is 1.41. The Bertz CT molecular complexity index is 1360. The lowest BCUT2D eigenvalue weighted by Gasteiger charge is -2.50. The molecular weight excluding hydrogens is 462 g/mol. The van der Waals surface area contributed by atoms with E-state index in [0.29, 0.717) is 0 Å². The van der Waals surface area contributed by atoms with Gasteiger partial charge in [0.05, 0.1) is 36.7 Å². The van der Waals surface area contributed by atoms with E-state index in [2.05, 4.69) is 67.8 Å². The number of rotatable bonds is 6. The number of benzene rings is 1. The monoisotopic (exact) mass is 497 g/mol. The molecule has 1 spiro atoms. The zero-order valence-corrected chi connectivity index (χ0v) is 21.7. The molecule has 7 nitrogen and oxygen atoms in total. The number of methoxy groups -OCH3 is 1. The topological polar surface area (TPSA) is 66.7 Å². The molecule has 7 heteroatoms. The van der Waals surface area contributed by atoms with E-state index in [4.69, 9.17) is 4.74 Å². The van der Waals surface area contributed by atoms with Gasteiger partial charge in [-0.1, -0.05) is 12.1 Å². The number of aliphatic hydroxyl groups excluding tert-OH is 1. The summed E-state index contributed by atoms with van der Waals surface area (Å²) in [5.74, 6) is 0.857. The molecule has 0 saturated carbocycles. The van der Waals surface area contributed by atoms with E-state index in [1.807, 2.05) is 30.6 Å². The summed E-state index contributed by atoms with van der Waals surface area (Å²) >= 11 is 0. The number of aromatic nitrogens is 3. The summed E-state index contributed by atoms with van der Waals surface area (Å²) in [5.41, 5.74) is 5.97. The maximum Gasteiger partial charge on any atom is 0.120 e. The minimum atomic E-state index is -0.0856. The SMILES string of the molecule is COc1ccc2c3c(n(C)c2c1)[C@@H](CO)N(Cc1ccccn1)CC31CCN(Cc2ccccn2)CC1. The van der Waals surface area contributed by atoms with E-state index >= 15 is 0 Å². The van der Waals surface area contributed by atoms with Crippen molar-refractivity contribution < 1.29 is 9.84 Å². The van der Waals surface area contributed by atoms with Crippen LogP contribution in [0.15, 0.2) is 67.0 Å². The average molecular weight is 498 g/mol. The molecule has 1 N–H and O–H groups in total. The van der Waals surface area contributed by atoms with Crippen LogP contribution in [0.2, 0.25) is 0 Å². The van der Waals surface area contributed by atoms with Crippen molar-refractivity contribution >= 4 is 10.9 Å². The van der Waals surface area contributed by atoms with Gasteiger partial charge in [0.2, 0.25) is 0 Å². The molecule has 192 valence electrons. The van der Waals surface area contributed by atoms with Crippen molar-refractivity contribution in [1.29, 1.82) is 0 Å². The molecule has 1 atom stereocenters. The third kappa shape index (κ3) is 4.31. The van der Waals surface area contributed by atoms with Crippen LogP contribution in [0.25, 0.3) is 10.9 Å². The lowest BCUT2D eigenvalue weighted by Crippen LogP contribution is -2.53. The average Bonchev–Trinajstić information content (AvgIpc) is 3.24. The highest BCUT2D eigenvalue weighted by atomic mass is 16.5. The Morgan fingerprint density at radius 2 is 1.68 bits per heavy atom. The third-order valence-electron chi connectivity index (χ3n) is 8.43. The second kappa shape index (κ2) is 9.89. The van der Waals surface area contributed by atoms with Gasteiger partial charge in [-0.25, -0.2) is 0 Å². The summed E-state index contributed by atoms with van der Waals surface area (Å²) in [4.78, 5) is 14.2. The van der Waals surface area contributed by atoms with E-state index in [1.165, 1.54) is 16.6 Å². The van der Waals surface area contributed by atoms with Gasteiger partial charge in [0.25, 0.3) is 0 Å². The van der Waals surface area contributed by atoms with Crippen LogP contribution in [0.5, 0.6) is 5.75 Å². The van der Waals surface area contributed by atoms with Gasteiger partial charge in [0, 0.05) is 61.6 Å². The Kier molecular flexibility index (Phi) is 6.44. The van der Waals surface area contributed by atoms with Crippen LogP contribution < -0.4 is 4.74 Å². The smallest absolute Gasteiger partial charge is 0.120 e. The molecule has 37 heavy (non-hydrogen) atoms. The van der Waals surface area contributed by atoms with Gasteiger partial charge < -0.3 is 14.4 Å². The predicted octanol–water partition coefficient (Wildman–Crippen LogP) is 4.06. The maximum absolute atomic E-state index is 10.7. The van der Waals surface area contributed by atoms with Crippen LogP contribution in [0.1, 0.15) is 41.5 Å². The van der Waals surface area contributed by atoms with E-state index in [9.17, 15) is 5.11 Å². The van der Waals surface area contributed by atoms with Gasteiger partial charge >= 0.3 is 0 Å². The fraction of sp³-hybridized carbons (Fsp3) is 0.400. The number of piperidine rings is 1. The van der Waals surface area contributed by atoms with Gasteiger partial charge in [-0.3, -0.25) is 19.8 Å². The summed E-state index contributed by atoms with van der Waals surface area (Å²) < 4.78 is 7.87. The van der Waals surface area contributed by atoms with Crippen molar-refractivity contribution in [3.05, 3.63) is 89.6 Å². The lowest BCUT2D eigenvalue weighted by atomic mass is 9.68. The number of fused-ring (bicyclic) bond motifs is 4. The molecule has 0 aliphatic carbocycles. The second-order valence-corrected chi connectivity index (χ2v) is 10.5. The first-order chi connectivity index (χ1) is 18.1. The summed E-state index contributed by atoms with van der Waals surface area (Å²) in [5, 5.41) is 12.0. The number of hydrogen-bond donors (Lipinski definition) is 1. The Hall–Kier alpha value is -3.26. The van der Waals surface area contributed by atoms with E-state index < -0.39 is 0 Å². The molecule has 5 heterocycles. The number of nitrogens with zero attached hydrogens (tertiary/aromatic N) is 5. The number of hydrogen-bond acceptors (Lipinski definition) is 6. The molecule has 1 aromatic carbocycles. The minimum absolute atomic E-state index is 0.00446. The fourth-order valence-corrected chi connectivity index (χ4v) is 6.60. The Labute approximate surface area is 218 Å². The largest absolute Gasteiger partial charge is 0.497 e. The standard InChI is InChI=1S/C30H35N5O2/c1-33-26-17-24(37-2)9-10-25(26)28-29(33)27(20-36)35(19-23-8-4-6-14-32-23)21-30(28)11-15-34(16-12-30)18-22-7-3-5-13-31-22/h3-10,13-14,17,27,36H,11-12,15-16,18-21H2,1-2H3/t27-/m1/s1. The number of likely N-dealkylation sites (tertiary alicyclic amines) is 1. The zero-order valence-electron chi connectivity index (χ0n) is 21.7. The second-order valence-electron chi connectivity index (χ2n) is 10.5. The number of aliphatic hydroxyl groups is 1. The van der Waals surface area contributed by atoms with Crippen LogP contribution in [0, 0.1) is 0 Å². The molecule has 3 aromatic heterocycles. The van der Waals surface area contributed by atoms with Crippen molar-refractivity contribution in [2.24, 2.45) is 7.05 Å². The molecule has 2 aliphatic heterocycles. The van der Waals surface area contributed by atoms with E-state index in [1.54, 1.807) is 7.11 Å². The van der Waals surface area contributed by atoms with Crippen LogP contribution in [-0.4, -0.2) is 62.8 Å². The zero-order chi connectivity index (χ0) is 25.4. The predicted molar refractivity (Wildman–Crippen MR) is 144 cm³/mol. The van der Waals surface area contributed by atoms with Gasteiger partial charge in [-0.2, -0.15) is 0 Å². The molecule has 2 aliphatic rings. The number of ether oxygens (including phenoxy) is 1. The molecule has 1 saturated heterocycles. The normalized spacial score (nSPS) is 19.8. The highest BCUT2D eigenvalue weighted by Crippen LogP contribution is 2.50. The first kappa shape index (κ1) is 24.1. The Morgan fingerprint density at radius 1 is 0.973 bits per heavy atom. The highest BCUT2D eigenvalue weighted by molar-refractivity contribution is 5.88. The fourth-order valence-electron chi connectivity index (χ4n) is 6.60. The molecule has 0 unspecified atom stereocenters. The molecule has 4 aromatic rings. The van der Waals surface area contributed by atoms with Gasteiger partial charge in [0.15, 0.2) is 0 Å². The van der Waals surface area contributed by atoms with Crippen LogP contribution in [0.3, 0.4) is 0 Å². The number of pyridine rings is 2. The first-order valence-electron chi connectivity index (χ1n) is 13.2. The molecule has 0 amide bonds. The summed E-state index contributed by atoms with van der Waals surface area (Å²) in [7, 11) is 3.85. The van der Waals surface area contributed by atoms with Crippen LogP contribution in [0.4, 0.5) is 0 Å². The van der Waals surface area contributed by atoms with Crippen molar-refractivity contribution in [1.82, 2.24) is 24.3 Å². The first-order valence-corrected chi connectivity index (χ1v) is 13.2. The van der Waals surface area contributed by atoms with Gasteiger partial charge in [-0.15, -0.1) is 0 Å². The Morgan fingerprint density at radius 3 is 2.30 bits per heavy atom. The summed E-state index contributed by atoms with van der Waals surface area (Å²) in [6, 6.07) is 18.6. The lowest BCUT2D eigenvalue weighted by molar-refractivity contribution is 0.0393. The molecule has 6 rings (SSSR count). The van der Waals surface area contributed by atoms with E-state index in [0.717, 1.165) is 68.2 Å². The summed E-state index contributed by atoms with van der Waals surface area (Å²) in [6.07, 6.45) is 5.86. The van der Waals surface area contributed by atoms with Crippen molar-refractivity contribution in [3.63, 3.8) is 0 Å². The van der Waals surface area contributed by atoms with Crippen molar-refractivity contribution in [2.45, 2.75) is 37.4 Å². The number of aryl methyl sites for hydroxylation is 1. The molecule has 0 bridgehead atoms. The summed E-state index contributed by atoms with van der Waals surface area (Å²) in [6.45, 7) is 4.62. The maximum atomic E-state index is 10.7. The minimum Gasteiger partial charge on any atom is -0.497 e.